The average Bonchev–Trinajstić information content (AvgIpc) is 2.61. The summed E-state index contributed by atoms with van der Waals surface area (Å²) in [5.41, 5.74) is 0. The van der Waals surface area contributed by atoms with E-state index in [0.717, 1.165) is 12.8 Å². The minimum atomic E-state index is -0.706. The van der Waals surface area contributed by atoms with Crippen molar-refractivity contribution in [2.75, 3.05) is 6.61 Å². The van der Waals surface area contributed by atoms with Crippen LogP contribution in [0.5, 0.6) is 0 Å². The van der Waals surface area contributed by atoms with Crippen molar-refractivity contribution in [2.24, 2.45) is 0 Å². The molecule has 1 fully saturated rings. The highest BCUT2D eigenvalue weighted by Gasteiger charge is 2.32. The summed E-state index contributed by atoms with van der Waals surface area (Å²) in [5, 5.41) is 9.20. The Labute approximate surface area is 152 Å². The number of ether oxygens (including phenoxy) is 2. The molecule has 25 heavy (non-hydrogen) atoms. The second kappa shape index (κ2) is 14.1. The molecule has 1 N–H and O–H groups in total. The molecule has 0 aromatic carbocycles. The number of esters is 2. The van der Waals surface area contributed by atoms with Gasteiger partial charge in [0.25, 0.3) is 0 Å². The zero-order valence-corrected chi connectivity index (χ0v) is 15.8. The van der Waals surface area contributed by atoms with Crippen molar-refractivity contribution in [1.29, 1.82) is 0 Å². The van der Waals surface area contributed by atoms with Gasteiger partial charge in [-0.1, -0.05) is 71.1 Å². The first-order chi connectivity index (χ1) is 12.2. The lowest BCUT2D eigenvalue weighted by atomic mass is 10.0. The predicted molar refractivity (Wildman–Crippen MR) is 97.2 cm³/mol. The van der Waals surface area contributed by atoms with Gasteiger partial charge in [0.15, 0.2) is 6.10 Å². The number of aliphatic hydroxyl groups is 1. The first-order valence-electron chi connectivity index (χ1n) is 10.2. The van der Waals surface area contributed by atoms with Gasteiger partial charge in [-0.05, 0) is 12.8 Å². The Kier molecular flexibility index (Phi) is 12.4. The Hall–Kier alpha value is -1.10. The number of carbonyl (C=O) groups is 2. The molecule has 0 aromatic rings. The molecule has 146 valence electrons. The van der Waals surface area contributed by atoms with E-state index >= 15 is 0 Å². The molecule has 0 aliphatic carbocycles. The molecule has 5 heteroatoms. The van der Waals surface area contributed by atoms with Crippen LogP contribution in [0.4, 0.5) is 0 Å². The Morgan fingerprint density at radius 1 is 1.04 bits per heavy atom. The number of carbonyl (C=O) groups excluding carboxylic acids is 2. The third kappa shape index (κ3) is 10.5. The van der Waals surface area contributed by atoms with Crippen molar-refractivity contribution < 1.29 is 24.2 Å². The minimum Gasteiger partial charge on any atom is -0.458 e. The summed E-state index contributed by atoms with van der Waals surface area (Å²) in [6, 6.07) is 0. The number of aliphatic hydroxyl groups excluding tert-OH is 1. The number of rotatable bonds is 14. The van der Waals surface area contributed by atoms with Crippen LogP contribution in [0.15, 0.2) is 0 Å². The summed E-state index contributed by atoms with van der Waals surface area (Å²) in [6.45, 7) is 1.94. The predicted octanol–water partition coefficient (Wildman–Crippen LogP) is 4.30. The molecule has 1 aliphatic rings. The van der Waals surface area contributed by atoms with Gasteiger partial charge in [0.05, 0.1) is 6.61 Å². The second-order valence-electron chi connectivity index (χ2n) is 7.06. The van der Waals surface area contributed by atoms with Crippen LogP contribution in [0.2, 0.25) is 0 Å². The fourth-order valence-corrected chi connectivity index (χ4v) is 3.20. The van der Waals surface area contributed by atoms with E-state index in [1.54, 1.807) is 0 Å². The first kappa shape index (κ1) is 21.9. The molecule has 1 heterocycles. The van der Waals surface area contributed by atoms with Gasteiger partial charge in [-0.3, -0.25) is 9.59 Å². The largest absolute Gasteiger partial charge is 0.458 e. The van der Waals surface area contributed by atoms with Crippen molar-refractivity contribution in [2.45, 2.75) is 109 Å². The molecule has 0 bridgehead atoms. The Morgan fingerprint density at radius 3 is 2.16 bits per heavy atom. The van der Waals surface area contributed by atoms with Crippen molar-refractivity contribution >= 4 is 11.9 Å². The third-order valence-electron chi connectivity index (χ3n) is 4.78. The van der Waals surface area contributed by atoms with E-state index in [9.17, 15) is 14.7 Å². The number of hydrogen-bond donors (Lipinski definition) is 1. The van der Waals surface area contributed by atoms with Gasteiger partial charge >= 0.3 is 11.9 Å². The standard InChI is InChI=1S/C20H36O5/c1-2-3-4-5-6-7-8-9-10-11-12-13-19(22)24-17-14-15-20(23)25-18(17)16-21/h17-18,21H,2-16H2,1H3/t17-,18+/m0/s1. The topological polar surface area (TPSA) is 72.8 Å². The highest BCUT2D eigenvalue weighted by Crippen LogP contribution is 2.19. The Bertz CT molecular complexity index is 369. The second-order valence-corrected chi connectivity index (χ2v) is 7.06. The number of cyclic esters (lactones) is 1. The summed E-state index contributed by atoms with van der Waals surface area (Å²) >= 11 is 0. The van der Waals surface area contributed by atoms with E-state index in [1.807, 2.05) is 0 Å². The molecule has 0 aromatic heterocycles. The Balaban J connectivity index is 1.96. The van der Waals surface area contributed by atoms with E-state index in [2.05, 4.69) is 6.92 Å². The van der Waals surface area contributed by atoms with Crippen LogP contribution in [-0.2, 0) is 19.1 Å². The quantitative estimate of drug-likeness (QED) is 0.371. The SMILES string of the molecule is CCCCCCCCCCCCCC(=O)O[C@H]1CCC(=O)O[C@@H]1CO. The molecule has 0 amide bonds. The van der Waals surface area contributed by atoms with Crippen LogP contribution in [-0.4, -0.2) is 35.9 Å². The lowest BCUT2D eigenvalue weighted by Crippen LogP contribution is -2.42. The molecular formula is C20H36O5. The minimum absolute atomic E-state index is 0.243. The molecular weight excluding hydrogens is 320 g/mol. The highest BCUT2D eigenvalue weighted by atomic mass is 16.6. The molecule has 5 nitrogen and oxygen atoms in total. The van der Waals surface area contributed by atoms with E-state index in [4.69, 9.17) is 9.47 Å². The molecule has 1 saturated heterocycles. The van der Waals surface area contributed by atoms with Crippen LogP contribution < -0.4 is 0 Å². The number of hydrogen-bond acceptors (Lipinski definition) is 5. The fraction of sp³-hybridized carbons (Fsp3) is 0.900. The molecule has 0 radical (unpaired) electrons. The molecule has 2 atom stereocenters. The molecule has 1 aliphatic heterocycles. The van der Waals surface area contributed by atoms with Gasteiger partial charge in [0.1, 0.15) is 6.10 Å². The normalized spacial score (nSPS) is 20.3. The monoisotopic (exact) mass is 356 g/mol. The van der Waals surface area contributed by atoms with Crippen LogP contribution >= 0.6 is 0 Å². The summed E-state index contributed by atoms with van der Waals surface area (Å²) in [7, 11) is 0. The van der Waals surface area contributed by atoms with Crippen molar-refractivity contribution in [1.82, 2.24) is 0 Å². The summed E-state index contributed by atoms with van der Waals surface area (Å²) < 4.78 is 10.4. The molecule has 0 saturated carbocycles. The lowest BCUT2D eigenvalue weighted by molar-refractivity contribution is -0.180. The highest BCUT2D eigenvalue weighted by molar-refractivity contribution is 5.72. The maximum Gasteiger partial charge on any atom is 0.306 e. The zero-order valence-electron chi connectivity index (χ0n) is 15.8. The molecule has 0 unspecified atom stereocenters. The van der Waals surface area contributed by atoms with Crippen LogP contribution in [0.1, 0.15) is 96.8 Å². The van der Waals surface area contributed by atoms with E-state index in [-0.39, 0.29) is 25.0 Å². The van der Waals surface area contributed by atoms with E-state index < -0.39 is 12.2 Å². The van der Waals surface area contributed by atoms with Gasteiger partial charge in [-0.25, -0.2) is 0 Å². The summed E-state index contributed by atoms with van der Waals surface area (Å²) in [6.07, 6.45) is 13.6. The molecule has 0 spiro atoms. The first-order valence-corrected chi connectivity index (χ1v) is 10.2. The smallest absolute Gasteiger partial charge is 0.306 e. The van der Waals surface area contributed by atoms with Gasteiger partial charge < -0.3 is 14.6 Å². The lowest BCUT2D eigenvalue weighted by Gasteiger charge is -2.29. The van der Waals surface area contributed by atoms with Crippen LogP contribution in [0.3, 0.4) is 0 Å². The van der Waals surface area contributed by atoms with Crippen LogP contribution in [0, 0.1) is 0 Å². The van der Waals surface area contributed by atoms with Gasteiger partial charge in [-0.2, -0.15) is 0 Å². The summed E-state index contributed by atoms with van der Waals surface area (Å²) in [4.78, 5) is 23.0. The van der Waals surface area contributed by atoms with E-state index in [0.29, 0.717) is 12.8 Å². The fourth-order valence-electron chi connectivity index (χ4n) is 3.20. The van der Waals surface area contributed by atoms with Crippen molar-refractivity contribution in [3.05, 3.63) is 0 Å². The van der Waals surface area contributed by atoms with Gasteiger partial charge in [0, 0.05) is 12.8 Å². The average molecular weight is 357 g/mol. The van der Waals surface area contributed by atoms with Gasteiger partial charge in [0.2, 0.25) is 0 Å². The maximum atomic E-state index is 11.9. The van der Waals surface area contributed by atoms with Crippen molar-refractivity contribution in [3.63, 3.8) is 0 Å². The Morgan fingerprint density at radius 2 is 1.60 bits per heavy atom. The van der Waals surface area contributed by atoms with Crippen molar-refractivity contribution in [3.8, 4) is 0 Å². The summed E-state index contributed by atoms with van der Waals surface area (Å²) in [5.74, 6) is -0.589. The van der Waals surface area contributed by atoms with Crippen LogP contribution in [0.25, 0.3) is 0 Å². The van der Waals surface area contributed by atoms with E-state index in [1.165, 1.54) is 57.8 Å². The third-order valence-corrected chi connectivity index (χ3v) is 4.78. The zero-order chi connectivity index (χ0) is 18.3. The number of unbranched alkanes of at least 4 members (excludes halogenated alkanes) is 10. The molecule has 1 rings (SSSR count). The van der Waals surface area contributed by atoms with Gasteiger partial charge in [-0.15, -0.1) is 0 Å². The maximum absolute atomic E-state index is 11.9.